The molecule has 170 valence electrons. The van der Waals surface area contributed by atoms with Gasteiger partial charge in [0.05, 0.1) is 12.1 Å². The third-order valence-electron chi connectivity index (χ3n) is 5.50. The molecule has 0 aliphatic heterocycles. The molecule has 0 bridgehead atoms. The first-order valence-electron chi connectivity index (χ1n) is 10.5. The van der Waals surface area contributed by atoms with Crippen molar-refractivity contribution in [3.8, 4) is 11.1 Å². The zero-order valence-electron chi connectivity index (χ0n) is 18.0. The van der Waals surface area contributed by atoms with E-state index in [0.29, 0.717) is 17.4 Å². The molecule has 2 amide bonds. The van der Waals surface area contributed by atoms with E-state index in [1.165, 1.54) is 16.2 Å². The smallest absolute Gasteiger partial charge is 0.413 e. The predicted molar refractivity (Wildman–Crippen MR) is 124 cm³/mol. The Morgan fingerprint density at radius 2 is 1.73 bits per heavy atom. The fourth-order valence-corrected chi connectivity index (χ4v) is 4.67. The summed E-state index contributed by atoms with van der Waals surface area (Å²) < 4.78 is 5.51. The van der Waals surface area contributed by atoms with Crippen LogP contribution in [0.5, 0.6) is 0 Å². The van der Waals surface area contributed by atoms with E-state index in [1.54, 1.807) is 12.3 Å². The number of nitrogens with zero attached hydrogens (tertiary/aromatic N) is 2. The molecule has 0 saturated heterocycles. The molecule has 0 atom stereocenters. The maximum atomic E-state index is 12.4. The molecule has 1 aromatic heterocycles. The highest BCUT2D eigenvalue weighted by Crippen LogP contribution is 2.44. The molecule has 2 aromatic carbocycles. The molecule has 1 aliphatic carbocycles. The fourth-order valence-electron chi connectivity index (χ4n) is 3.97. The maximum absolute atomic E-state index is 12.4. The number of amides is 2. The van der Waals surface area contributed by atoms with Gasteiger partial charge in [-0.2, -0.15) is 0 Å². The van der Waals surface area contributed by atoms with Crippen LogP contribution in [0.3, 0.4) is 0 Å². The van der Waals surface area contributed by atoms with E-state index in [2.05, 4.69) is 34.6 Å². The summed E-state index contributed by atoms with van der Waals surface area (Å²) in [6, 6.07) is 16.2. The number of thiazole rings is 1. The van der Waals surface area contributed by atoms with Gasteiger partial charge in [0, 0.05) is 17.8 Å². The lowest BCUT2D eigenvalue weighted by Gasteiger charge is -2.17. The highest BCUT2D eigenvalue weighted by molar-refractivity contribution is 7.13. The lowest BCUT2D eigenvalue weighted by Crippen LogP contribution is -2.36. The van der Waals surface area contributed by atoms with Gasteiger partial charge in [0.1, 0.15) is 13.2 Å². The molecule has 1 heterocycles. The second-order valence-corrected chi connectivity index (χ2v) is 8.43. The summed E-state index contributed by atoms with van der Waals surface area (Å²) in [6.07, 6.45) is -0.658. The van der Waals surface area contributed by atoms with Crippen LogP contribution in [0.2, 0.25) is 0 Å². The van der Waals surface area contributed by atoms with Crippen LogP contribution in [-0.4, -0.2) is 52.7 Å². The van der Waals surface area contributed by atoms with Crippen LogP contribution in [0.25, 0.3) is 11.1 Å². The first-order chi connectivity index (χ1) is 16.0. The van der Waals surface area contributed by atoms with Crippen LogP contribution in [0.15, 0.2) is 53.9 Å². The number of carbonyl (C=O) groups excluding carboxylic acids is 2. The zero-order valence-corrected chi connectivity index (χ0v) is 18.8. The van der Waals surface area contributed by atoms with Crippen molar-refractivity contribution in [3.05, 3.63) is 70.7 Å². The number of aromatic nitrogens is 1. The van der Waals surface area contributed by atoms with Crippen molar-refractivity contribution in [2.75, 3.05) is 25.0 Å². The Kier molecular flexibility index (Phi) is 6.69. The molecule has 8 nitrogen and oxygen atoms in total. The Labute approximate surface area is 194 Å². The molecule has 0 fully saturated rings. The minimum atomic E-state index is -1.07. The lowest BCUT2D eigenvalue weighted by molar-refractivity contribution is -0.144. The number of nitrogens with one attached hydrogen (secondary N) is 1. The van der Waals surface area contributed by atoms with Gasteiger partial charge in [0.15, 0.2) is 5.13 Å². The number of anilines is 1. The van der Waals surface area contributed by atoms with Crippen LogP contribution < -0.4 is 5.32 Å². The summed E-state index contributed by atoms with van der Waals surface area (Å²) in [5.41, 5.74) is 5.02. The SMILES string of the molecule is CCN(CC(=O)O)C(=O)Cc1csc(NC(=O)OCC2c3ccccc3-c3ccccc32)n1. The van der Waals surface area contributed by atoms with E-state index in [9.17, 15) is 14.4 Å². The lowest BCUT2D eigenvalue weighted by atomic mass is 9.98. The van der Waals surface area contributed by atoms with Crippen molar-refractivity contribution in [1.29, 1.82) is 0 Å². The predicted octanol–water partition coefficient (Wildman–Crippen LogP) is 3.98. The van der Waals surface area contributed by atoms with Crippen molar-refractivity contribution in [1.82, 2.24) is 9.88 Å². The molecule has 9 heteroatoms. The maximum Gasteiger partial charge on any atom is 0.413 e. The van der Waals surface area contributed by atoms with Gasteiger partial charge in [0.25, 0.3) is 0 Å². The van der Waals surface area contributed by atoms with Gasteiger partial charge in [-0.1, -0.05) is 48.5 Å². The molecular weight excluding hydrogens is 442 g/mol. The molecule has 3 aromatic rings. The summed E-state index contributed by atoms with van der Waals surface area (Å²) in [6.45, 7) is 1.84. The number of aliphatic carboxylic acids is 1. The monoisotopic (exact) mass is 465 g/mol. The van der Waals surface area contributed by atoms with Crippen molar-refractivity contribution < 1.29 is 24.2 Å². The third-order valence-corrected chi connectivity index (χ3v) is 6.30. The van der Waals surface area contributed by atoms with Crippen molar-refractivity contribution in [2.45, 2.75) is 19.3 Å². The highest BCUT2D eigenvalue weighted by Gasteiger charge is 2.29. The number of carbonyl (C=O) groups is 3. The minimum absolute atomic E-state index is 0.0377. The molecular formula is C24H23N3O5S. The van der Waals surface area contributed by atoms with E-state index in [4.69, 9.17) is 9.84 Å². The van der Waals surface area contributed by atoms with Crippen LogP contribution in [-0.2, 0) is 20.7 Å². The molecule has 0 radical (unpaired) electrons. The number of carboxylic acids is 1. The molecule has 4 rings (SSSR count). The van der Waals surface area contributed by atoms with Crippen molar-refractivity contribution in [3.63, 3.8) is 0 Å². The largest absolute Gasteiger partial charge is 0.480 e. The third kappa shape index (κ3) is 5.04. The molecule has 33 heavy (non-hydrogen) atoms. The standard InChI is InChI=1S/C24H23N3O5S/c1-2-27(12-22(29)30)21(28)11-15-14-33-23(25-15)26-24(31)32-13-20-18-9-5-3-7-16(18)17-8-4-6-10-19(17)20/h3-10,14,20H,2,11-13H2,1H3,(H,29,30)(H,25,26,31). The Morgan fingerprint density at radius 3 is 2.33 bits per heavy atom. The topological polar surface area (TPSA) is 109 Å². The summed E-state index contributed by atoms with van der Waals surface area (Å²) in [7, 11) is 0. The normalized spacial score (nSPS) is 12.0. The van der Waals surface area contributed by atoms with Gasteiger partial charge in [-0.15, -0.1) is 11.3 Å². The Hall–Kier alpha value is -3.72. The first kappa shape index (κ1) is 22.5. The number of rotatable bonds is 8. The van der Waals surface area contributed by atoms with Gasteiger partial charge in [0.2, 0.25) is 5.91 Å². The number of benzene rings is 2. The van der Waals surface area contributed by atoms with Crippen molar-refractivity contribution >= 4 is 34.4 Å². The second-order valence-electron chi connectivity index (χ2n) is 7.57. The molecule has 0 spiro atoms. The number of ether oxygens (including phenoxy) is 1. The van der Waals surface area contributed by atoms with Crippen LogP contribution in [0, 0.1) is 0 Å². The van der Waals surface area contributed by atoms with E-state index in [-0.39, 0.29) is 31.4 Å². The Morgan fingerprint density at radius 1 is 1.09 bits per heavy atom. The zero-order chi connectivity index (χ0) is 23.4. The first-order valence-corrected chi connectivity index (χ1v) is 11.4. The second kappa shape index (κ2) is 9.83. The highest BCUT2D eigenvalue weighted by atomic mass is 32.1. The van der Waals surface area contributed by atoms with Crippen LogP contribution in [0.4, 0.5) is 9.93 Å². The number of hydrogen-bond donors (Lipinski definition) is 2. The summed E-state index contributed by atoms with van der Waals surface area (Å²) >= 11 is 1.18. The number of carboxylic acid groups (broad SMARTS) is 1. The number of hydrogen-bond acceptors (Lipinski definition) is 6. The minimum Gasteiger partial charge on any atom is -0.480 e. The summed E-state index contributed by atoms with van der Waals surface area (Å²) in [4.78, 5) is 41.0. The van der Waals surface area contributed by atoms with Gasteiger partial charge in [-0.05, 0) is 29.2 Å². The van der Waals surface area contributed by atoms with Crippen molar-refractivity contribution in [2.24, 2.45) is 0 Å². The molecule has 1 aliphatic rings. The van der Waals surface area contributed by atoms with Crippen LogP contribution >= 0.6 is 11.3 Å². The van der Waals surface area contributed by atoms with E-state index in [1.807, 2.05) is 24.3 Å². The Balaban J connectivity index is 1.35. The van der Waals surface area contributed by atoms with Crippen LogP contribution in [0.1, 0.15) is 29.7 Å². The van der Waals surface area contributed by atoms with E-state index >= 15 is 0 Å². The quantitative estimate of drug-likeness (QED) is 0.521. The van der Waals surface area contributed by atoms with E-state index < -0.39 is 12.1 Å². The number of fused-ring (bicyclic) bond motifs is 3. The van der Waals surface area contributed by atoms with Gasteiger partial charge >= 0.3 is 12.1 Å². The molecule has 2 N–H and O–H groups in total. The van der Waals surface area contributed by atoms with Gasteiger partial charge in [-0.25, -0.2) is 9.78 Å². The molecule has 0 saturated carbocycles. The average molecular weight is 466 g/mol. The Bertz CT molecular complexity index is 1150. The van der Waals surface area contributed by atoms with Gasteiger partial charge in [-0.3, -0.25) is 14.9 Å². The number of likely N-dealkylation sites (N-methyl/N-ethyl adjacent to an activating group) is 1. The molecule has 0 unspecified atom stereocenters. The summed E-state index contributed by atoms with van der Waals surface area (Å²) in [5, 5.41) is 13.5. The fraction of sp³-hybridized carbons (Fsp3) is 0.250. The average Bonchev–Trinajstić information content (AvgIpc) is 3.37. The van der Waals surface area contributed by atoms with E-state index in [0.717, 1.165) is 22.3 Å². The summed E-state index contributed by atoms with van der Waals surface area (Å²) in [5.74, 6) is -1.44. The van der Waals surface area contributed by atoms with Gasteiger partial charge < -0.3 is 14.7 Å².